The summed E-state index contributed by atoms with van der Waals surface area (Å²) in [6.07, 6.45) is 3.46. The molecule has 0 spiro atoms. The van der Waals surface area contributed by atoms with Gasteiger partial charge in [-0.1, -0.05) is 72.9 Å². The molecule has 0 bridgehead atoms. The molecule has 0 aliphatic heterocycles. The Morgan fingerprint density at radius 1 is 0.850 bits per heavy atom. The standard InChI is InChI=1S/C18H20S2/c19-18(17-11-5-2-6-12-17)13-7-8-14-20-15-16-9-3-1-4-10-16/h1-6,9-12H,7-8,13-15H2. The highest BCUT2D eigenvalue weighted by Crippen LogP contribution is 2.15. The highest BCUT2D eigenvalue weighted by atomic mass is 32.2. The third-order valence-corrected chi connectivity index (χ3v) is 4.70. The molecule has 0 unspecified atom stereocenters. The summed E-state index contributed by atoms with van der Waals surface area (Å²) in [5.74, 6) is 2.33. The fraction of sp³-hybridized carbons (Fsp3) is 0.278. The van der Waals surface area contributed by atoms with E-state index < -0.39 is 0 Å². The van der Waals surface area contributed by atoms with Crippen molar-refractivity contribution in [2.45, 2.75) is 25.0 Å². The average Bonchev–Trinajstić information content (AvgIpc) is 2.52. The molecule has 0 heterocycles. The summed E-state index contributed by atoms with van der Waals surface area (Å²) in [5.41, 5.74) is 2.62. The minimum Gasteiger partial charge on any atom is -0.157 e. The van der Waals surface area contributed by atoms with Crippen LogP contribution in [0.25, 0.3) is 0 Å². The fourth-order valence-corrected chi connectivity index (χ4v) is 3.28. The first-order valence-electron chi connectivity index (χ1n) is 7.06. The molecule has 0 radical (unpaired) electrons. The predicted molar refractivity (Wildman–Crippen MR) is 94.6 cm³/mol. The number of rotatable bonds is 8. The summed E-state index contributed by atoms with van der Waals surface area (Å²) in [6, 6.07) is 21.0. The van der Waals surface area contributed by atoms with Crippen molar-refractivity contribution >= 4 is 28.8 Å². The van der Waals surface area contributed by atoms with E-state index in [1.807, 2.05) is 17.8 Å². The van der Waals surface area contributed by atoms with Crippen LogP contribution >= 0.6 is 24.0 Å². The van der Waals surface area contributed by atoms with Gasteiger partial charge in [0.2, 0.25) is 0 Å². The first-order chi connectivity index (χ1) is 9.86. The van der Waals surface area contributed by atoms with Gasteiger partial charge in [0.05, 0.1) is 0 Å². The second-order valence-corrected chi connectivity index (χ2v) is 6.38. The molecule has 2 aromatic carbocycles. The monoisotopic (exact) mass is 300 g/mol. The number of thioether (sulfide) groups is 1. The van der Waals surface area contributed by atoms with Crippen molar-refractivity contribution in [2.75, 3.05) is 5.75 Å². The van der Waals surface area contributed by atoms with Crippen LogP contribution in [0.2, 0.25) is 0 Å². The third-order valence-electron chi connectivity index (χ3n) is 3.15. The van der Waals surface area contributed by atoms with Crippen LogP contribution in [-0.2, 0) is 5.75 Å². The van der Waals surface area contributed by atoms with Gasteiger partial charge in [-0.3, -0.25) is 0 Å². The molecular formula is C18H20S2. The number of benzene rings is 2. The predicted octanol–water partition coefficient (Wildman–Crippen LogP) is 5.51. The molecule has 0 N–H and O–H groups in total. The van der Waals surface area contributed by atoms with Gasteiger partial charge in [0.15, 0.2) is 0 Å². The molecule has 2 heteroatoms. The zero-order valence-electron chi connectivity index (χ0n) is 11.6. The molecule has 0 aliphatic rings. The Morgan fingerprint density at radius 3 is 2.20 bits per heavy atom. The van der Waals surface area contributed by atoms with Gasteiger partial charge < -0.3 is 0 Å². The average molecular weight is 300 g/mol. The summed E-state index contributed by atoms with van der Waals surface area (Å²) in [7, 11) is 0. The lowest BCUT2D eigenvalue weighted by molar-refractivity contribution is 0.849. The van der Waals surface area contributed by atoms with E-state index in [-0.39, 0.29) is 0 Å². The highest BCUT2D eigenvalue weighted by molar-refractivity contribution is 7.98. The van der Waals surface area contributed by atoms with Crippen molar-refractivity contribution in [3.63, 3.8) is 0 Å². The van der Waals surface area contributed by atoms with Gasteiger partial charge in [-0.2, -0.15) is 11.8 Å². The Kier molecular flexibility index (Phi) is 6.82. The topological polar surface area (TPSA) is 0 Å². The zero-order chi connectivity index (χ0) is 14.0. The molecule has 104 valence electrons. The summed E-state index contributed by atoms with van der Waals surface area (Å²) in [4.78, 5) is 1.10. The summed E-state index contributed by atoms with van der Waals surface area (Å²) in [6.45, 7) is 0. The Labute approximate surface area is 131 Å². The quantitative estimate of drug-likeness (QED) is 0.358. The summed E-state index contributed by atoms with van der Waals surface area (Å²) >= 11 is 7.48. The molecule has 0 aliphatic carbocycles. The molecule has 0 saturated heterocycles. The maximum atomic E-state index is 5.47. The first-order valence-corrected chi connectivity index (χ1v) is 8.62. The molecule has 0 fully saturated rings. The van der Waals surface area contributed by atoms with Crippen LogP contribution in [-0.4, -0.2) is 10.6 Å². The van der Waals surface area contributed by atoms with Gasteiger partial charge in [0.1, 0.15) is 0 Å². The SMILES string of the molecule is S=C(CCCCSCc1ccccc1)c1ccccc1. The van der Waals surface area contributed by atoms with E-state index in [1.165, 1.54) is 29.7 Å². The largest absolute Gasteiger partial charge is 0.157 e. The molecule has 0 nitrogen and oxygen atoms in total. The third kappa shape index (κ3) is 5.48. The van der Waals surface area contributed by atoms with E-state index in [9.17, 15) is 0 Å². The molecule has 0 saturated carbocycles. The van der Waals surface area contributed by atoms with Gasteiger partial charge in [-0.15, -0.1) is 0 Å². The molecule has 0 aromatic heterocycles. The van der Waals surface area contributed by atoms with Crippen molar-refractivity contribution < 1.29 is 0 Å². The van der Waals surface area contributed by atoms with E-state index in [4.69, 9.17) is 12.2 Å². The van der Waals surface area contributed by atoms with Crippen LogP contribution in [0.3, 0.4) is 0 Å². The van der Waals surface area contributed by atoms with Gasteiger partial charge in [0.25, 0.3) is 0 Å². The molecule has 2 rings (SSSR count). The Balaban J connectivity index is 1.57. The van der Waals surface area contributed by atoms with Crippen LogP contribution in [0, 0.1) is 0 Å². The number of hydrogen-bond donors (Lipinski definition) is 0. The smallest absolute Gasteiger partial charge is 0.0224 e. The van der Waals surface area contributed by atoms with Gasteiger partial charge in [-0.25, -0.2) is 0 Å². The Hall–Kier alpha value is -1.12. The number of thiocarbonyl (C=S) groups is 1. The number of unbranched alkanes of at least 4 members (excludes halogenated alkanes) is 1. The van der Waals surface area contributed by atoms with Crippen LogP contribution < -0.4 is 0 Å². The lowest BCUT2D eigenvalue weighted by atomic mass is 10.1. The Bertz CT molecular complexity index is 505. The van der Waals surface area contributed by atoms with Crippen LogP contribution in [0.5, 0.6) is 0 Å². The first kappa shape index (κ1) is 15.3. The van der Waals surface area contributed by atoms with Gasteiger partial charge >= 0.3 is 0 Å². The van der Waals surface area contributed by atoms with Gasteiger partial charge in [0, 0.05) is 10.6 Å². The van der Waals surface area contributed by atoms with Crippen molar-refractivity contribution in [3.05, 3.63) is 71.8 Å². The maximum Gasteiger partial charge on any atom is 0.0224 e. The van der Waals surface area contributed by atoms with Crippen molar-refractivity contribution in [1.29, 1.82) is 0 Å². The lowest BCUT2D eigenvalue weighted by Gasteiger charge is -2.04. The number of hydrogen-bond acceptors (Lipinski definition) is 2. The van der Waals surface area contributed by atoms with E-state index >= 15 is 0 Å². The second-order valence-electron chi connectivity index (χ2n) is 4.78. The normalized spacial score (nSPS) is 10.4. The van der Waals surface area contributed by atoms with Gasteiger partial charge in [-0.05, 0) is 36.1 Å². The molecular weight excluding hydrogens is 280 g/mol. The lowest BCUT2D eigenvalue weighted by Crippen LogP contribution is -1.97. The minimum atomic E-state index is 1.03. The van der Waals surface area contributed by atoms with E-state index in [0.717, 1.165) is 17.0 Å². The molecule has 0 amide bonds. The molecule has 2 aromatic rings. The van der Waals surface area contributed by atoms with Crippen LogP contribution in [0.1, 0.15) is 30.4 Å². The zero-order valence-corrected chi connectivity index (χ0v) is 13.3. The molecule has 20 heavy (non-hydrogen) atoms. The van der Waals surface area contributed by atoms with Crippen molar-refractivity contribution in [1.82, 2.24) is 0 Å². The van der Waals surface area contributed by atoms with E-state index in [2.05, 4.69) is 54.6 Å². The summed E-state index contributed by atoms with van der Waals surface area (Å²) < 4.78 is 0. The summed E-state index contributed by atoms with van der Waals surface area (Å²) in [5, 5.41) is 0. The Morgan fingerprint density at radius 2 is 1.50 bits per heavy atom. The maximum absolute atomic E-state index is 5.47. The minimum absolute atomic E-state index is 1.03. The molecule has 0 atom stereocenters. The second kappa shape index (κ2) is 8.93. The van der Waals surface area contributed by atoms with E-state index in [1.54, 1.807) is 0 Å². The fourth-order valence-electron chi connectivity index (χ4n) is 2.02. The van der Waals surface area contributed by atoms with Crippen molar-refractivity contribution in [3.8, 4) is 0 Å². The highest BCUT2D eigenvalue weighted by Gasteiger charge is 2.00. The van der Waals surface area contributed by atoms with Crippen LogP contribution in [0.15, 0.2) is 60.7 Å². The van der Waals surface area contributed by atoms with Crippen LogP contribution in [0.4, 0.5) is 0 Å². The van der Waals surface area contributed by atoms with E-state index in [0.29, 0.717) is 0 Å². The van der Waals surface area contributed by atoms with Crippen molar-refractivity contribution in [2.24, 2.45) is 0 Å².